The van der Waals surface area contributed by atoms with Crippen LogP contribution in [0.3, 0.4) is 0 Å². The number of nitrogens with one attached hydrogen (secondary N) is 2. The predicted octanol–water partition coefficient (Wildman–Crippen LogP) is 2.32. The summed E-state index contributed by atoms with van der Waals surface area (Å²) in [7, 11) is 0. The minimum atomic E-state index is -0.151. The first-order valence-electron chi connectivity index (χ1n) is 6.98. The van der Waals surface area contributed by atoms with E-state index in [-0.39, 0.29) is 12.1 Å². The number of thiocarbonyl (C=S) groups is 1. The number of nitrogens with two attached hydrogens (primary N) is 1. The molecule has 0 spiro atoms. The molecule has 18 heavy (non-hydrogen) atoms. The molecule has 0 bridgehead atoms. The van der Waals surface area contributed by atoms with E-state index < -0.39 is 0 Å². The fraction of sp³-hybridized carbons (Fsp3) is 0.846. The number of urea groups is 1. The van der Waals surface area contributed by atoms with E-state index in [9.17, 15) is 4.79 Å². The van der Waals surface area contributed by atoms with Gasteiger partial charge in [-0.1, -0.05) is 44.8 Å². The molecule has 4 N–H and O–H groups in total. The van der Waals surface area contributed by atoms with Gasteiger partial charge >= 0.3 is 6.03 Å². The number of unbranched alkanes of at least 4 members (excludes halogenated alkanes) is 1. The Morgan fingerprint density at radius 1 is 1.39 bits per heavy atom. The van der Waals surface area contributed by atoms with Crippen LogP contribution in [0, 0.1) is 5.92 Å². The summed E-state index contributed by atoms with van der Waals surface area (Å²) in [4.78, 5) is 12.1. The molecule has 2 amide bonds. The van der Waals surface area contributed by atoms with Gasteiger partial charge in [0, 0.05) is 6.54 Å². The Hall–Kier alpha value is -0.840. The third kappa shape index (κ3) is 5.21. The van der Waals surface area contributed by atoms with Gasteiger partial charge in [-0.15, -0.1) is 0 Å². The van der Waals surface area contributed by atoms with Crippen molar-refractivity contribution >= 4 is 23.2 Å². The Labute approximate surface area is 115 Å². The van der Waals surface area contributed by atoms with Crippen LogP contribution in [-0.4, -0.2) is 23.6 Å². The maximum absolute atomic E-state index is 11.7. The van der Waals surface area contributed by atoms with Crippen LogP contribution in [0.4, 0.5) is 4.79 Å². The largest absolute Gasteiger partial charge is 0.392 e. The molecule has 0 aromatic rings. The molecule has 104 valence electrons. The number of amides is 2. The normalized spacial score (nSPS) is 18.1. The highest BCUT2D eigenvalue weighted by Crippen LogP contribution is 2.26. The molecule has 1 fully saturated rings. The zero-order valence-corrected chi connectivity index (χ0v) is 12.0. The molecule has 4 nitrogen and oxygen atoms in total. The van der Waals surface area contributed by atoms with Crippen LogP contribution in [0.2, 0.25) is 0 Å². The Morgan fingerprint density at radius 3 is 2.61 bits per heavy atom. The highest BCUT2D eigenvalue weighted by atomic mass is 32.1. The average Bonchev–Trinajstić information content (AvgIpc) is 2.37. The van der Waals surface area contributed by atoms with Crippen molar-refractivity contribution in [2.24, 2.45) is 11.7 Å². The van der Waals surface area contributed by atoms with Gasteiger partial charge in [0.2, 0.25) is 0 Å². The Morgan fingerprint density at radius 2 is 2.06 bits per heavy atom. The van der Waals surface area contributed by atoms with Crippen molar-refractivity contribution < 1.29 is 4.79 Å². The molecule has 0 aromatic carbocycles. The lowest BCUT2D eigenvalue weighted by atomic mass is 9.84. The van der Waals surface area contributed by atoms with Crippen molar-refractivity contribution in [1.29, 1.82) is 0 Å². The van der Waals surface area contributed by atoms with E-state index in [1.54, 1.807) is 0 Å². The smallest absolute Gasteiger partial charge is 0.315 e. The maximum Gasteiger partial charge on any atom is 0.315 e. The number of hydrogen-bond donors (Lipinski definition) is 3. The van der Waals surface area contributed by atoms with Crippen LogP contribution >= 0.6 is 12.2 Å². The quantitative estimate of drug-likeness (QED) is 0.513. The Bertz CT molecular complexity index is 277. The summed E-state index contributed by atoms with van der Waals surface area (Å²) in [6.07, 6.45) is 7.99. The van der Waals surface area contributed by atoms with Gasteiger partial charge in [0.05, 0.1) is 11.0 Å². The molecule has 0 heterocycles. The van der Waals surface area contributed by atoms with E-state index in [0.717, 1.165) is 25.7 Å². The van der Waals surface area contributed by atoms with Crippen molar-refractivity contribution in [3.8, 4) is 0 Å². The third-order valence-corrected chi connectivity index (χ3v) is 3.78. The first kappa shape index (κ1) is 15.2. The molecule has 0 saturated heterocycles. The van der Waals surface area contributed by atoms with Crippen LogP contribution < -0.4 is 16.4 Å². The van der Waals surface area contributed by atoms with E-state index >= 15 is 0 Å². The molecular formula is C13H25N3OS. The molecule has 1 atom stereocenters. The summed E-state index contributed by atoms with van der Waals surface area (Å²) >= 11 is 5.09. The van der Waals surface area contributed by atoms with Crippen LogP contribution in [0.25, 0.3) is 0 Å². The topological polar surface area (TPSA) is 67.2 Å². The van der Waals surface area contributed by atoms with Gasteiger partial charge in [0.1, 0.15) is 0 Å². The molecule has 5 heteroatoms. The molecule has 1 aliphatic carbocycles. The highest BCUT2D eigenvalue weighted by molar-refractivity contribution is 7.80. The summed E-state index contributed by atoms with van der Waals surface area (Å²) in [5.74, 6) is 0.410. The first-order chi connectivity index (χ1) is 8.65. The van der Waals surface area contributed by atoms with Gasteiger partial charge in [0.25, 0.3) is 0 Å². The molecule has 1 aliphatic rings. The van der Waals surface area contributed by atoms with Crippen molar-refractivity contribution in [3.05, 3.63) is 0 Å². The molecule has 0 radical (unpaired) electrons. The third-order valence-electron chi connectivity index (χ3n) is 3.53. The molecule has 1 unspecified atom stereocenters. The second kappa shape index (κ2) is 8.29. The highest BCUT2D eigenvalue weighted by Gasteiger charge is 2.26. The molecule has 0 aliphatic heterocycles. The lowest BCUT2D eigenvalue weighted by Crippen LogP contribution is -2.52. The monoisotopic (exact) mass is 271 g/mol. The van der Waals surface area contributed by atoms with Gasteiger partial charge < -0.3 is 16.4 Å². The number of carbonyl (C=O) groups excluding carboxylic acids is 1. The van der Waals surface area contributed by atoms with Gasteiger partial charge in [-0.25, -0.2) is 4.79 Å². The first-order valence-corrected chi connectivity index (χ1v) is 7.39. The van der Waals surface area contributed by atoms with Gasteiger partial charge in [-0.2, -0.15) is 0 Å². The van der Waals surface area contributed by atoms with E-state index in [4.69, 9.17) is 18.0 Å². The summed E-state index contributed by atoms with van der Waals surface area (Å²) in [5, 5.41) is 5.77. The van der Waals surface area contributed by atoms with E-state index in [0.29, 0.717) is 17.5 Å². The fourth-order valence-electron chi connectivity index (χ4n) is 2.46. The van der Waals surface area contributed by atoms with Crippen molar-refractivity contribution in [2.75, 3.05) is 6.54 Å². The average molecular weight is 271 g/mol. The lowest BCUT2D eigenvalue weighted by molar-refractivity contribution is 0.231. The second-order valence-electron chi connectivity index (χ2n) is 5.03. The summed E-state index contributed by atoms with van der Waals surface area (Å²) < 4.78 is 0. The Kier molecular flexibility index (Phi) is 7.01. The lowest BCUT2D eigenvalue weighted by Gasteiger charge is -2.30. The van der Waals surface area contributed by atoms with Crippen LogP contribution in [0.1, 0.15) is 51.9 Å². The summed E-state index contributed by atoms with van der Waals surface area (Å²) in [6.45, 7) is 2.80. The van der Waals surface area contributed by atoms with Crippen molar-refractivity contribution in [2.45, 2.75) is 57.9 Å². The fourth-order valence-corrected chi connectivity index (χ4v) is 2.71. The van der Waals surface area contributed by atoms with Gasteiger partial charge in [0.15, 0.2) is 0 Å². The standard InChI is InChI=1S/C13H25N3OS/c1-2-3-9-15-13(17)16-11(12(14)18)10-7-5-4-6-8-10/h10-11H,2-9H2,1H3,(H2,14,18)(H2,15,16,17). The number of rotatable bonds is 6. The van der Waals surface area contributed by atoms with Crippen LogP contribution in [-0.2, 0) is 0 Å². The molecule has 1 saturated carbocycles. The maximum atomic E-state index is 11.7. The van der Waals surface area contributed by atoms with Crippen LogP contribution in [0.5, 0.6) is 0 Å². The minimum Gasteiger partial charge on any atom is -0.392 e. The predicted molar refractivity (Wildman–Crippen MR) is 78.6 cm³/mol. The van der Waals surface area contributed by atoms with Crippen LogP contribution in [0.15, 0.2) is 0 Å². The van der Waals surface area contributed by atoms with E-state index in [1.807, 2.05) is 0 Å². The SMILES string of the molecule is CCCCNC(=O)NC(C(N)=S)C1CCCCC1. The number of hydrogen-bond acceptors (Lipinski definition) is 2. The summed E-state index contributed by atoms with van der Waals surface area (Å²) in [6, 6.07) is -0.297. The van der Waals surface area contributed by atoms with Gasteiger partial charge in [-0.3, -0.25) is 0 Å². The minimum absolute atomic E-state index is 0.146. The molecule has 0 aromatic heterocycles. The zero-order valence-electron chi connectivity index (χ0n) is 11.2. The molecular weight excluding hydrogens is 246 g/mol. The zero-order chi connectivity index (χ0) is 13.4. The van der Waals surface area contributed by atoms with E-state index in [1.165, 1.54) is 19.3 Å². The van der Waals surface area contributed by atoms with Crippen molar-refractivity contribution in [3.63, 3.8) is 0 Å². The summed E-state index contributed by atoms with van der Waals surface area (Å²) in [5.41, 5.74) is 5.76. The van der Waals surface area contributed by atoms with Gasteiger partial charge in [-0.05, 0) is 25.2 Å². The van der Waals surface area contributed by atoms with E-state index in [2.05, 4.69) is 17.6 Å². The second-order valence-corrected chi connectivity index (χ2v) is 5.50. The Balaban J connectivity index is 2.41. The number of carbonyl (C=O) groups is 1. The molecule has 1 rings (SSSR count). The van der Waals surface area contributed by atoms with Crippen molar-refractivity contribution in [1.82, 2.24) is 10.6 Å².